The van der Waals surface area contributed by atoms with Gasteiger partial charge in [-0.2, -0.15) is 0 Å². The Labute approximate surface area is 111 Å². The summed E-state index contributed by atoms with van der Waals surface area (Å²) in [6.45, 7) is 2.11. The number of thioether (sulfide) groups is 1. The first-order chi connectivity index (χ1) is 8.24. The highest BCUT2D eigenvalue weighted by Crippen LogP contribution is 2.20. The zero-order valence-corrected chi connectivity index (χ0v) is 11.6. The summed E-state index contributed by atoms with van der Waals surface area (Å²) in [6, 6.07) is 13.1. The minimum absolute atomic E-state index is 0.236. The van der Waals surface area contributed by atoms with E-state index >= 15 is 0 Å². The maximum atomic E-state index is 6.13. The van der Waals surface area contributed by atoms with Crippen LogP contribution in [-0.2, 0) is 6.42 Å². The Morgan fingerprint density at radius 3 is 2.65 bits per heavy atom. The van der Waals surface area contributed by atoms with E-state index in [9.17, 15) is 0 Å². The molecule has 1 aromatic heterocycles. The predicted molar refractivity (Wildman–Crippen MR) is 77.9 cm³/mol. The molecule has 3 heteroatoms. The summed E-state index contributed by atoms with van der Waals surface area (Å²) < 4.78 is 0. The number of thiophene rings is 1. The van der Waals surface area contributed by atoms with Crippen molar-refractivity contribution in [3.8, 4) is 0 Å². The Kier molecular flexibility index (Phi) is 4.66. The standard InChI is InChI=1S/C14H17NS2/c1-11-4-6-13(7-5-11)17-10-12(15)9-14-3-2-8-16-14/h2-8,12H,9-10,15H2,1H3. The number of benzene rings is 1. The summed E-state index contributed by atoms with van der Waals surface area (Å²) in [5.74, 6) is 0.973. The van der Waals surface area contributed by atoms with Crippen molar-refractivity contribution in [2.45, 2.75) is 24.3 Å². The molecule has 1 unspecified atom stereocenters. The Morgan fingerprint density at radius 2 is 2.00 bits per heavy atom. The molecule has 0 saturated carbocycles. The van der Waals surface area contributed by atoms with Gasteiger partial charge >= 0.3 is 0 Å². The molecule has 1 heterocycles. The van der Waals surface area contributed by atoms with E-state index in [1.54, 1.807) is 11.3 Å². The van der Waals surface area contributed by atoms with Gasteiger partial charge in [-0.25, -0.2) is 0 Å². The lowest BCUT2D eigenvalue weighted by Crippen LogP contribution is -2.25. The van der Waals surface area contributed by atoms with Crippen LogP contribution in [0.15, 0.2) is 46.7 Å². The van der Waals surface area contributed by atoms with Gasteiger partial charge in [-0.3, -0.25) is 0 Å². The lowest BCUT2D eigenvalue weighted by molar-refractivity contribution is 0.757. The van der Waals surface area contributed by atoms with Gasteiger partial charge in [-0.1, -0.05) is 23.8 Å². The predicted octanol–water partition coefficient (Wildman–Crippen LogP) is 3.72. The molecule has 0 spiro atoms. The normalized spacial score (nSPS) is 12.6. The van der Waals surface area contributed by atoms with Crippen molar-refractivity contribution in [2.75, 3.05) is 5.75 Å². The molecular weight excluding hydrogens is 246 g/mol. The topological polar surface area (TPSA) is 26.0 Å². The fourth-order valence-electron chi connectivity index (χ4n) is 1.58. The molecule has 0 radical (unpaired) electrons. The molecular formula is C14H17NS2. The van der Waals surface area contributed by atoms with E-state index in [0.717, 1.165) is 12.2 Å². The number of rotatable bonds is 5. The van der Waals surface area contributed by atoms with Crippen LogP contribution in [0.2, 0.25) is 0 Å². The zero-order valence-electron chi connectivity index (χ0n) is 9.93. The summed E-state index contributed by atoms with van der Waals surface area (Å²) in [5, 5.41) is 2.11. The van der Waals surface area contributed by atoms with Crippen molar-refractivity contribution in [3.05, 3.63) is 52.2 Å². The van der Waals surface area contributed by atoms with E-state index in [1.165, 1.54) is 15.3 Å². The molecule has 0 saturated heterocycles. The summed E-state index contributed by atoms with van der Waals surface area (Å²) in [5.41, 5.74) is 7.43. The monoisotopic (exact) mass is 263 g/mol. The molecule has 17 heavy (non-hydrogen) atoms. The van der Waals surface area contributed by atoms with Gasteiger partial charge in [0.05, 0.1) is 0 Å². The second-order valence-corrected chi connectivity index (χ2v) is 6.29. The van der Waals surface area contributed by atoms with Crippen LogP contribution in [0, 0.1) is 6.92 Å². The molecule has 90 valence electrons. The van der Waals surface area contributed by atoms with E-state index in [-0.39, 0.29) is 6.04 Å². The van der Waals surface area contributed by atoms with E-state index in [2.05, 4.69) is 48.7 Å². The molecule has 1 nitrogen and oxygen atoms in total. The average molecular weight is 263 g/mol. The number of hydrogen-bond acceptors (Lipinski definition) is 3. The third-order valence-corrected chi connectivity index (χ3v) is 4.63. The van der Waals surface area contributed by atoms with E-state index in [1.807, 2.05) is 11.8 Å². The summed E-state index contributed by atoms with van der Waals surface area (Å²) in [7, 11) is 0. The van der Waals surface area contributed by atoms with Gasteiger partial charge in [0.15, 0.2) is 0 Å². The Bertz CT molecular complexity index is 434. The van der Waals surface area contributed by atoms with Gasteiger partial charge in [0, 0.05) is 21.6 Å². The fraction of sp³-hybridized carbons (Fsp3) is 0.286. The summed E-state index contributed by atoms with van der Waals surface area (Å²) in [4.78, 5) is 2.68. The largest absolute Gasteiger partial charge is 0.327 e. The molecule has 2 aromatic rings. The summed E-state index contributed by atoms with van der Waals surface area (Å²) in [6.07, 6.45) is 0.983. The maximum Gasteiger partial charge on any atom is 0.0182 e. The average Bonchev–Trinajstić information content (AvgIpc) is 2.81. The highest BCUT2D eigenvalue weighted by Gasteiger charge is 2.05. The second-order valence-electron chi connectivity index (χ2n) is 4.17. The lowest BCUT2D eigenvalue weighted by Gasteiger charge is -2.10. The van der Waals surface area contributed by atoms with Gasteiger partial charge in [0.1, 0.15) is 0 Å². The second kappa shape index (κ2) is 6.24. The highest BCUT2D eigenvalue weighted by molar-refractivity contribution is 7.99. The fourth-order valence-corrected chi connectivity index (χ4v) is 3.24. The van der Waals surface area contributed by atoms with Gasteiger partial charge < -0.3 is 5.73 Å². The van der Waals surface area contributed by atoms with Crippen LogP contribution in [0.3, 0.4) is 0 Å². The van der Waals surface area contributed by atoms with Crippen LogP contribution in [0.4, 0.5) is 0 Å². The molecule has 1 aromatic carbocycles. The van der Waals surface area contributed by atoms with Crippen LogP contribution >= 0.6 is 23.1 Å². The number of nitrogens with two attached hydrogens (primary N) is 1. The highest BCUT2D eigenvalue weighted by atomic mass is 32.2. The molecule has 0 amide bonds. The van der Waals surface area contributed by atoms with Crippen molar-refractivity contribution in [1.82, 2.24) is 0 Å². The first kappa shape index (κ1) is 12.7. The Morgan fingerprint density at radius 1 is 1.24 bits per heavy atom. The van der Waals surface area contributed by atoms with Crippen LogP contribution in [-0.4, -0.2) is 11.8 Å². The van der Waals surface area contributed by atoms with Crippen molar-refractivity contribution in [2.24, 2.45) is 5.73 Å². The van der Waals surface area contributed by atoms with Gasteiger partial charge in [0.25, 0.3) is 0 Å². The third-order valence-electron chi connectivity index (χ3n) is 2.53. The zero-order chi connectivity index (χ0) is 12.1. The smallest absolute Gasteiger partial charge is 0.0182 e. The molecule has 0 aliphatic rings. The van der Waals surface area contributed by atoms with E-state index in [4.69, 9.17) is 5.73 Å². The molecule has 0 aliphatic heterocycles. The first-order valence-electron chi connectivity index (χ1n) is 5.71. The van der Waals surface area contributed by atoms with Crippen molar-refractivity contribution >= 4 is 23.1 Å². The quantitative estimate of drug-likeness (QED) is 0.832. The Balaban J connectivity index is 1.79. The van der Waals surface area contributed by atoms with Gasteiger partial charge in [-0.05, 0) is 36.9 Å². The van der Waals surface area contributed by atoms with Crippen LogP contribution in [0.5, 0.6) is 0 Å². The van der Waals surface area contributed by atoms with Crippen LogP contribution in [0.25, 0.3) is 0 Å². The van der Waals surface area contributed by atoms with Crippen LogP contribution in [0.1, 0.15) is 10.4 Å². The van der Waals surface area contributed by atoms with Crippen molar-refractivity contribution < 1.29 is 0 Å². The van der Waals surface area contributed by atoms with Gasteiger partial charge in [0.2, 0.25) is 0 Å². The Hall–Kier alpha value is -0.770. The van der Waals surface area contributed by atoms with Crippen molar-refractivity contribution in [3.63, 3.8) is 0 Å². The minimum Gasteiger partial charge on any atom is -0.327 e. The van der Waals surface area contributed by atoms with Gasteiger partial charge in [-0.15, -0.1) is 23.1 Å². The maximum absolute atomic E-state index is 6.13. The third kappa shape index (κ3) is 4.19. The number of hydrogen-bond donors (Lipinski definition) is 1. The summed E-state index contributed by atoms with van der Waals surface area (Å²) >= 11 is 3.62. The number of aryl methyl sites for hydroxylation is 1. The van der Waals surface area contributed by atoms with E-state index in [0.29, 0.717) is 0 Å². The lowest BCUT2D eigenvalue weighted by atomic mass is 10.2. The molecule has 2 N–H and O–H groups in total. The molecule has 0 fully saturated rings. The molecule has 2 rings (SSSR count). The van der Waals surface area contributed by atoms with Crippen molar-refractivity contribution in [1.29, 1.82) is 0 Å². The first-order valence-corrected chi connectivity index (χ1v) is 7.58. The molecule has 0 aliphatic carbocycles. The molecule has 0 bridgehead atoms. The minimum atomic E-state index is 0.236. The molecule has 1 atom stereocenters. The van der Waals surface area contributed by atoms with E-state index < -0.39 is 0 Å². The SMILES string of the molecule is Cc1ccc(SCC(N)Cc2cccs2)cc1. The van der Waals surface area contributed by atoms with Crippen LogP contribution < -0.4 is 5.73 Å².